The Morgan fingerprint density at radius 2 is 2.19 bits per heavy atom. The molecule has 4 atom stereocenters. The molecule has 0 aromatic carbocycles. The van der Waals surface area contributed by atoms with Crippen molar-refractivity contribution in [2.75, 3.05) is 11.9 Å². The lowest BCUT2D eigenvalue weighted by Crippen LogP contribution is -2.36. The van der Waals surface area contributed by atoms with E-state index in [-0.39, 0.29) is 18.0 Å². The third-order valence-corrected chi connectivity index (χ3v) is 4.02. The van der Waals surface area contributed by atoms with Crippen molar-refractivity contribution in [3.63, 3.8) is 0 Å². The highest BCUT2D eigenvalue weighted by molar-refractivity contribution is 5.84. The molecule has 0 spiro atoms. The highest BCUT2D eigenvalue weighted by atomic mass is 16.6. The maximum Gasteiger partial charge on any atom is 0.412 e. The van der Waals surface area contributed by atoms with Gasteiger partial charge in [-0.25, -0.2) is 9.59 Å². The first kappa shape index (κ1) is 19.8. The molecule has 0 aliphatic carbocycles. The molecular weight excluding hydrogens is 344 g/mol. The molecule has 2 rings (SSSR count). The maximum absolute atomic E-state index is 12.2. The summed E-state index contributed by atoms with van der Waals surface area (Å²) in [5.41, 5.74) is -0.962. The molecule has 1 amide bonds. The van der Waals surface area contributed by atoms with Gasteiger partial charge >= 0.3 is 11.8 Å². The minimum atomic E-state index is -1.35. The average molecular weight is 366 g/mol. The Morgan fingerprint density at radius 3 is 2.77 bits per heavy atom. The van der Waals surface area contributed by atoms with Crippen LogP contribution in [0.25, 0.3) is 0 Å². The van der Waals surface area contributed by atoms with Crippen molar-refractivity contribution < 1.29 is 24.5 Å². The van der Waals surface area contributed by atoms with E-state index < -0.39 is 36.3 Å². The number of unbranched alkanes of at least 4 members (excludes halogenated alkanes) is 2. The number of aromatic nitrogens is 2. The second kappa shape index (κ2) is 8.75. The van der Waals surface area contributed by atoms with Gasteiger partial charge in [0.15, 0.2) is 12.0 Å². The van der Waals surface area contributed by atoms with E-state index in [0.29, 0.717) is 6.42 Å². The van der Waals surface area contributed by atoms with Crippen LogP contribution in [0.3, 0.4) is 0 Å². The molecule has 10 heteroatoms. The van der Waals surface area contributed by atoms with Crippen molar-refractivity contribution in [2.45, 2.75) is 57.6 Å². The normalized spacial score (nSPS) is 24.9. The Bertz CT molecular complexity index is 743. The molecule has 1 fully saturated rings. The summed E-state index contributed by atoms with van der Waals surface area (Å²) in [4.78, 5) is 27.6. The number of carbonyl (C=O) groups excluding carboxylic acids is 1. The third-order valence-electron chi connectivity index (χ3n) is 4.02. The van der Waals surface area contributed by atoms with Crippen molar-refractivity contribution in [1.82, 2.24) is 9.55 Å². The predicted octanol–water partition coefficient (Wildman–Crippen LogP) is 0.493. The number of anilines is 1. The Hall–Kier alpha value is -2.48. The maximum atomic E-state index is 12.2. The Kier molecular flexibility index (Phi) is 6.68. The monoisotopic (exact) mass is 366 g/mol. The molecule has 2 heterocycles. The van der Waals surface area contributed by atoms with Crippen LogP contribution in [0.4, 0.5) is 10.6 Å². The SMILES string of the molecule is CCCCCOC(=O)Nc1nc(=O)n([C@@H]2O[C@H](C)[C@@H](O)[C@H]2O)cc1C#N. The number of rotatable bonds is 6. The molecule has 0 unspecified atom stereocenters. The number of amides is 1. The number of nitrogens with zero attached hydrogens (tertiary/aromatic N) is 3. The molecule has 1 aromatic rings. The van der Waals surface area contributed by atoms with E-state index >= 15 is 0 Å². The number of hydrogen-bond donors (Lipinski definition) is 3. The van der Waals surface area contributed by atoms with Crippen LogP contribution in [0.1, 0.15) is 44.9 Å². The Morgan fingerprint density at radius 1 is 1.46 bits per heavy atom. The molecule has 0 bridgehead atoms. The summed E-state index contributed by atoms with van der Waals surface area (Å²) in [6.07, 6.45) is -1.49. The van der Waals surface area contributed by atoms with Crippen LogP contribution in [-0.2, 0) is 9.47 Å². The summed E-state index contributed by atoms with van der Waals surface area (Å²) in [5, 5.41) is 31.3. The van der Waals surface area contributed by atoms with Gasteiger partial charge in [-0.2, -0.15) is 10.2 Å². The molecule has 3 N–H and O–H groups in total. The molecule has 0 saturated carbocycles. The molecule has 10 nitrogen and oxygen atoms in total. The van der Waals surface area contributed by atoms with Gasteiger partial charge in [-0.1, -0.05) is 19.8 Å². The number of hydrogen-bond acceptors (Lipinski definition) is 8. The molecular formula is C16H22N4O6. The van der Waals surface area contributed by atoms with Crippen molar-refractivity contribution in [3.8, 4) is 6.07 Å². The van der Waals surface area contributed by atoms with Crippen molar-refractivity contribution in [1.29, 1.82) is 5.26 Å². The first-order valence-corrected chi connectivity index (χ1v) is 8.37. The lowest BCUT2D eigenvalue weighted by atomic mass is 10.1. The number of aliphatic hydroxyl groups is 2. The minimum absolute atomic E-state index is 0.111. The van der Waals surface area contributed by atoms with Gasteiger partial charge in [0, 0.05) is 6.20 Å². The number of carbonyl (C=O) groups is 1. The van der Waals surface area contributed by atoms with Gasteiger partial charge < -0.3 is 19.7 Å². The Labute approximate surface area is 150 Å². The molecule has 1 saturated heterocycles. The van der Waals surface area contributed by atoms with Crippen molar-refractivity contribution >= 4 is 11.9 Å². The zero-order valence-corrected chi connectivity index (χ0v) is 14.6. The molecule has 1 aliphatic heterocycles. The van der Waals surface area contributed by atoms with Crippen LogP contribution in [0.5, 0.6) is 0 Å². The van der Waals surface area contributed by atoms with Crippen LogP contribution in [0.15, 0.2) is 11.0 Å². The molecule has 142 valence electrons. The van der Waals surface area contributed by atoms with Crippen LogP contribution < -0.4 is 11.0 Å². The van der Waals surface area contributed by atoms with Gasteiger partial charge in [-0.15, -0.1) is 0 Å². The molecule has 0 radical (unpaired) electrons. The standard InChI is InChI=1S/C16H22N4O6/c1-3-4-5-6-25-16(24)19-13-10(7-17)8-20(15(23)18-13)14-12(22)11(21)9(2)26-14/h8-9,11-12,14,21-22H,3-6H2,1-2H3,(H,18,19,23,24)/t9-,11-,12-,14-/m1/s1. The number of ether oxygens (including phenoxy) is 2. The summed E-state index contributed by atoms with van der Waals surface area (Å²) in [6.45, 7) is 3.78. The predicted molar refractivity (Wildman–Crippen MR) is 89.3 cm³/mol. The second-order valence-electron chi connectivity index (χ2n) is 5.99. The van der Waals surface area contributed by atoms with E-state index in [9.17, 15) is 25.1 Å². The van der Waals surface area contributed by atoms with E-state index in [1.54, 1.807) is 6.92 Å². The quantitative estimate of drug-likeness (QED) is 0.616. The number of nitrogens with one attached hydrogen (secondary N) is 1. The van der Waals surface area contributed by atoms with Gasteiger partial charge in [0.05, 0.1) is 12.7 Å². The first-order chi connectivity index (χ1) is 12.4. The highest BCUT2D eigenvalue weighted by Crippen LogP contribution is 2.28. The van der Waals surface area contributed by atoms with Crippen LogP contribution in [0, 0.1) is 11.3 Å². The van der Waals surface area contributed by atoms with Gasteiger partial charge in [0.25, 0.3) is 0 Å². The fraction of sp³-hybridized carbons (Fsp3) is 0.625. The van der Waals surface area contributed by atoms with Gasteiger partial charge in [-0.3, -0.25) is 9.88 Å². The highest BCUT2D eigenvalue weighted by Gasteiger charge is 2.42. The minimum Gasteiger partial charge on any atom is -0.449 e. The number of aliphatic hydroxyl groups excluding tert-OH is 2. The molecule has 26 heavy (non-hydrogen) atoms. The van der Waals surface area contributed by atoms with Gasteiger partial charge in [0.2, 0.25) is 0 Å². The lowest BCUT2D eigenvalue weighted by Gasteiger charge is -2.18. The fourth-order valence-electron chi connectivity index (χ4n) is 2.54. The summed E-state index contributed by atoms with van der Waals surface area (Å²) in [5.74, 6) is -0.240. The number of nitriles is 1. The van der Waals surface area contributed by atoms with E-state index in [2.05, 4.69) is 10.3 Å². The summed E-state index contributed by atoms with van der Waals surface area (Å²) in [7, 11) is 0. The van der Waals surface area contributed by atoms with E-state index in [0.717, 1.165) is 23.6 Å². The van der Waals surface area contributed by atoms with Crippen LogP contribution >= 0.6 is 0 Å². The average Bonchev–Trinajstić information content (AvgIpc) is 2.86. The molecule has 1 aromatic heterocycles. The van der Waals surface area contributed by atoms with Crippen molar-refractivity contribution in [3.05, 3.63) is 22.2 Å². The zero-order valence-electron chi connectivity index (χ0n) is 14.6. The van der Waals surface area contributed by atoms with E-state index in [1.165, 1.54) is 0 Å². The van der Waals surface area contributed by atoms with E-state index in [1.807, 2.05) is 13.0 Å². The summed E-state index contributed by atoms with van der Waals surface area (Å²) >= 11 is 0. The van der Waals surface area contributed by atoms with Crippen molar-refractivity contribution in [2.24, 2.45) is 0 Å². The molecule has 1 aliphatic rings. The lowest BCUT2D eigenvalue weighted by molar-refractivity contribution is -0.0350. The van der Waals surface area contributed by atoms with Crippen LogP contribution in [-0.4, -0.2) is 50.8 Å². The van der Waals surface area contributed by atoms with Gasteiger partial charge in [-0.05, 0) is 13.3 Å². The summed E-state index contributed by atoms with van der Waals surface area (Å²) < 4.78 is 11.2. The second-order valence-corrected chi connectivity index (χ2v) is 5.99. The smallest absolute Gasteiger partial charge is 0.412 e. The van der Waals surface area contributed by atoms with E-state index in [4.69, 9.17) is 9.47 Å². The largest absolute Gasteiger partial charge is 0.449 e. The first-order valence-electron chi connectivity index (χ1n) is 8.37. The third kappa shape index (κ3) is 4.37. The summed E-state index contributed by atoms with van der Waals surface area (Å²) in [6, 6.07) is 1.81. The van der Waals surface area contributed by atoms with Crippen LogP contribution in [0.2, 0.25) is 0 Å². The zero-order chi connectivity index (χ0) is 19.3. The fourth-order valence-corrected chi connectivity index (χ4v) is 2.54. The van der Waals surface area contributed by atoms with Gasteiger partial charge in [0.1, 0.15) is 23.8 Å². The topological polar surface area (TPSA) is 147 Å². The Balaban J connectivity index is 2.16.